The number of ether oxygens (including phenoxy) is 1. The standard InChI is InChI=1S/C16H21N3O3/c1-10(2)9-14(20)17-11(3)16-18-15(19-22-16)12-5-7-13(21-4)8-6-12/h5-8,10-11H,9H2,1-4H3,(H,17,20). The first kappa shape index (κ1) is 16.0. The summed E-state index contributed by atoms with van der Waals surface area (Å²) in [5, 5.41) is 6.81. The average Bonchev–Trinajstić information content (AvgIpc) is 2.96. The van der Waals surface area contributed by atoms with Crippen molar-refractivity contribution in [3.05, 3.63) is 30.2 Å². The Morgan fingerprint density at radius 3 is 2.55 bits per heavy atom. The molecule has 0 bridgehead atoms. The Morgan fingerprint density at radius 1 is 1.27 bits per heavy atom. The second-order valence-electron chi connectivity index (χ2n) is 5.57. The van der Waals surface area contributed by atoms with Crippen LogP contribution in [0.15, 0.2) is 28.8 Å². The summed E-state index contributed by atoms with van der Waals surface area (Å²) in [5.74, 6) is 1.93. The second kappa shape index (κ2) is 7.06. The minimum Gasteiger partial charge on any atom is -0.497 e. The Balaban J connectivity index is 2.05. The molecule has 22 heavy (non-hydrogen) atoms. The summed E-state index contributed by atoms with van der Waals surface area (Å²) in [6.45, 7) is 5.82. The monoisotopic (exact) mass is 303 g/mol. The van der Waals surface area contributed by atoms with Crippen LogP contribution in [-0.2, 0) is 4.79 Å². The molecule has 6 nitrogen and oxygen atoms in total. The molecule has 0 fully saturated rings. The molecule has 1 aromatic carbocycles. The Labute approximate surface area is 129 Å². The van der Waals surface area contributed by atoms with Crippen molar-refractivity contribution in [1.82, 2.24) is 15.5 Å². The zero-order chi connectivity index (χ0) is 16.1. The van der Waals surface area contributed by atoms with Gasteiger partial charge in [0.2, 0.25) is 17.6 Å². The van der Waals surface area contributed by atoms with E-state index in [0.29, 0.717) is 24.1 Å². The second-order valence-corrected chi connectivity index (χ2v) is 5.57. The predicted molar refractivity (Wildman–Crippen MR) is 82.3 cm³/mol. The lowest BCUT2D eigenvalue weighted by Crippen LogP contribution is -2.27. The van der Waals surface area contributed by atoms with Crippen LogP contribution in [0, 0.1) is 5.92 Å². The molecule has 0 saturated heterocycles. The van der Waals surface area contributed by atoms with Gasteiger partial charge in [0.25, 0.3) is 0 Å². The molecule has 118 valence electrons. The minimum atomic E-state index is -0.314. The van der Waals surface area contributed by atoms with Gasteiger partial charge in [-0.2, -0.15) is 4.98 Å². The van der Waals surface area contributed by atoms with Gasteiger partial charge in [-0.1, -0.05) is 19.0 Å². The quantitative estimate of drug-likeness (QED) is 0.887. The fraction of sp³-hybridized carbons (Fsp3) is 0.438. The Hall–Kier alpha value is -2.37. The van der Waals surface area contributed by atoms with Crippen molar-refractivity contribution in [2.45, 2.75) is 33.2 Å². The predicted octanol–water partition coefficient (Wildman–Crippen LogP) is 2.97. The number of amides is 1. The first-order valence-corrected chi connectivity index (χ1v) is 7.27. The number of aromatic nitrogens is 2. The van der Waals surface area contributed by atoms with Gasteiger partial charge >= 0.3 is 0 Å². The van der Waals surface area contributed by atoms with Crippen LogP contribution < -0.4 is 10.1 Å². The molecule has 0 radical (unpaired) electrons. The number of carbonyl (C=O) groups is 1. The van der Waals surface area contributed by atoms with E-state index in [4.69, 9.17) is 9.26 Å². The van der Waals surface area contributed by atoms with E-state index < -0.39 is 0 Å². The van der Waals surface area contributed by atoms with Gasteiger partial charge in [0.15, 0.2) is 0 Å². The molecule has 1 amide bonds. The van der Waals surface area contributed by atoms with Gasteiger partial charge < -0.3 is 14.6 Å². The fourth-order valence-electron chi connectivity index (χ4n) is 2.00. The molecule has 1 N–H and O–H groups in total. The Bertz CT molecular complexity index is 620. The summed E-state index contributed by atoms with van der Waals surface area (Å²) in [4.78, 5) is 16.1. The molecule has 6 heteroatoms. The highest BCUT2D eigenvalue weighted by Gasteiger charge is 2.17. The van der Waals surface area contributed by atoms with Crippen LogP contribution in [0.1, 0.15) is 39.1 Å². The number of hydrogen-bond donors (Lipinski definition) is 1. The van der Waals surface area contributed by atoms with Gasteiger partial charge in [0.1, 0.15) is 11.8 Å². The van der Waals surface area contributed by atoms with E-state index in [2.05, 4.69) is 15.5 Å². The van der Waals surface area contributed by atoms with Crippen LogP contribution in [0.4, 0.5) is 0 Å². The largest absolute Gasteiger partial charge is 0.497 e. The summed E-state index contributed by atoms with van der Waals surface area (Å²) < 4.78 is 10.3. The van der Waals surface area contributed by atoms with E-state index in [1.807, 2.05) is 45.0 Å². The molecule has 2 aromatic rings. The molecule has 1 atom stereocenters. The molecule has 1 aromatic heterocycles. The van der Waals surface area contributed by atoms with E-state index in [0.717, 1.165) is 11.3 Å². The highest BCUT2D eigenvalue weighted by molar-refractivity contribution is 5.76. The van der Waals surface area contributed by atoms with Gasteiger partial charge in [0, 0.05) is 12.0 Å². The molecule has 0 aliphatic carbocycles. The van der Waals surface area contributed by atoms with Crippen LogP contribution in [-0.4, -0.2) is 23.2 Å². The van der Waals surface area contributed by atoms with Crippen molar-refractivity contribution < 1.29 is 14.1 Å². The lowest BCUT2D eigenvalue weighted by molar-refractivity contribution is -0.122. The minimum absolute atomic E-state index is 0.0216. The van der Waals surface area contributed by atoms with E-state index in [-0.39, 0.29) is 11.9 Å². The molecular weight excluding hydrogens is 282 g/mol. The topological polar surface area (TPSA) is 77.3 Å². The summed E-state index contributed by atoms with van der Waals surface area (Å²) in [6, 6.07) is 7.06. The van der Waals surface area contributed by atoms with Gasteiger partial charge in [-0.05, 0) is 37.1 Å². The number of nitrogens with one attached hydrogen (secondary N) is 1. The van der Waals surface area contributed by atoms with Crippen molar-refractivity contribution >= 4 is 5.91 Å². The normalized spacial score (nSPS) is 12.2. The summed E-state index contributed by atoms with van der Waals surface area (Å²) in [7, 11) is 1.61. The maximum absolute atomic E-state index is 11.8. The average molecular weight is 303 g/mol. The van der Waals surface area contributed by atoms with Crippen LogP contribution >= 0.6 is 0 Å². The lowest BCUT2D eigenvalue weighted by Gasteiger charge is -2.10. The third-order valence-corrected chi connectivity index (χ3v) is 3.13. The molecule has 0 spiro atoms. The number of nitrogens with zero attached hydrogens (tertiary/aromatic N) is 2. The van der Waals surface area contributed by atoms with E-state index in [9.17, 15) is 4.79 Å². The van der Waals surface area contributed by atoms with Crippen LogP contribution in [0.2, 0.25) is 0 Å². The highest BCUT2D eigenvalue weighted by atomic mass is 16.5. The van der Waals surface area contributed by atoms with Gasteiger partial charge in [0.05, 0.1) is 7.11 Å². The maximum atomic E-state index is 11.8. The smallest absolute Gasteiger partial charge is 0.249 e. The highest BCUT2D eigenvalue weighted by Crippen LogP contribution is 2.21. The molecular formula is C16H21N3O3. The number of methoxy groups -OCH3 is 1. The van der Waals surface area contributed by atoms with Gasteiger partial charge in [-0.15, -0.1) is 0 Å². The zero-order valence-electron chi connectivity index (χ0n) is 13.3. The molecule has 0 aliphatic rings. The molecule has 1 heterocycles. The first-order valence-electron chi connectivity index (χ1n) is 7.27. The Morgan fingerprint density at radius 2 is 1.95 bits per heavy atom. The summed E-state index contributed by atoms with van der Waals surface area (Å²) in [6.07, 6.45) is 0.476. The Kier molecular flexibility index (Phi) is 5.14. The third kappa shape index (κ3) is 4.07. The van der Waals surface area contributed by atoms with Crippen molar-refractivity contribution in [3.8, 4) is 17.1 Å². The third-order valence-electron chi connectivity index (χ3n) is 3.13. The number of hydrogen-bond acceptors (Lipinski definition) is 5. The van der Waals surface area contributed by atoms with E-state index in [1.54, 1.807) is 7.11 Å². The molecule has 1 unspecified atom stereocenters. The van der Waals surface area contributed by atoms with Crippen molar-refractivity contribution in [3.63, 3.8) is 0 Å². The lowest BCUT2D eigenvalue weighted by atomic mass is 10.1. The number of benzene rings is 1. The van der Waals surface area contributed by atoms with E-state index in [1.165, 1.54) is 0 Å². The molecule has 0 saturated carbocycles. The summed E-state index contributed by atoms with van der Waals surface area (Å²) in [5.41, 5.74) is 0.830. The molecule has 0 aliphatic heterocycles. The number of carbonyl (C=O) groups excluding carboxylic acids is 1. The van der Waals surface area contributed by atoms with Crippen molar-refractivity contribution in [2.75, 3.05) is 7.11 Å². The maximum Gasteiger partial charge on any atom is 0.249 e. The van der Waals surface area contributed by atoms with Crippen LogP contribution in [0.25, 0.3) is 11.4 Å². The van der Waals surface area contributed by atoms with Gasteiger partial charge in [-0.3, -0.25) is 4.79 Å². The van der Waals surface area contributed by atoms with E-state index >= 15 is 0 Å². The summed E-state index contributed by atoms with van der Waals surface area (Å²) >= 11 is 0. The SMILES string of the molecule is COc1ccc(-c2noc(C(C)NC(=O)CC(C)C)n2)cc1. The van der Waals surface area contributed by atoms with Crippen LogP contribution in [0.5, 0.6) is 5.75 Å². The van der Waals surface area contributed by atoms with Gasteiger partial charge in [-0.25, -0.2) is 0 Å². The zero-order valence-corrected chi connectivity index (χ0v) is 13.3. The first-order chi connectivity index (χ1) is 10.5. The van der Waals surface area contributed by atoms with Crippen molar-refractivity contribution in [2.24, 2.45) is 5.92 Å². The molecule has 2 rings (SSSR count). The van der Waals surface area contributed by atoms with Crippen LogP contribution in [0.3, 0.4) is 0 Å². The number of rotatable bonds is 6. The van der Waals surface area contributed by atoms with Crippen molar-refractivity contribution in [1.29, 1.82) is 0 Å². The fourth-order valence-corrected chi connectivity index (χ4v) is 2.00.